The van der Waals surface area contributed by atoms with Crippen LogP contribution in [0.2, 0.25) is 0 Å². The molecule has 4 N–H and O–H groups in total. The summed E-state index contributed by atoms with van der Waals surface area (Å²) in [6, 6.07) is 19.4. The molecule has 0 atom stereocenters. The van der Waals surface area contributed by atoms with E-state index in [2.05, 4.69) is 9.89 Å². The van der Waals surface area contributed by atoms with Crippen molar-refractivity contribution in [3.05, 3.63) is 152 Å². The van der Waals surface area contributed by atoms with E-state index >= 15 is 17.6 Å². The summed E-state index contributed by atoms with van der Waals surface area (Å²) < 4.78 is 132. The maximum Gasteiger partial charge on any atom is 0.313 e. The third kappa shape index (κ3) is 7.64. The van der Waals surface area contributed by atoms with E-state index in [0.29, 0.717) is 39.0 Å². The lowest BCUT2D eigenvalue weighted by Gasteiger charge is -2.36. The quantitative estimate of drug-likeness (QED) is 0.0365. The van der Waals surface area contributed by atoms with Crippen LogP contribution in [0.25, 0.3) is 11.1 Å². The van der Waals surface area contributed by atoms with Gasteiger partial charge in [-0.05, 0) is 95.1 Å². The molecule has 5 aromatic rings. The maximum atomic E-state index is 16.5. The zero-order chi connectivity index (χ0) is 43.9. The average Bonchev–Trinajstić information content (AvgIpc) is 3.16. The summed E-state index contributed by atoms with van der Waals surface area (Å²) in [4.78, 5) is 9.52. The molecule has 0 fully saturated rings. The summed E-state index contributed by atoms with van der Waals surface area (Å²) in [5, 5.41) is 13.3. The lowest BCUT2D eigenvalue weighted by atomic mass is 9.68. The number of allylic oxidation sites excluding steroid dienone is 1. The van der Waals surface area contributed by atoms with Crippen LogP contribution in [-0.2, 0) is 37.0 Å². The van der Waals surface area contributed by atoms with E-state index in [1.54, 1.807) is 36.4 Å². The van der Waals surface area contributed by atoms with Crippen LogP contribution in [0, 0.1) is 23.3 Å². The van der Waals surface area contributed by atoms with Crippen molar-refractivity contribution in [3.8, 4) is 0 Å². The molecule has 17 heteroatoms. The Balaban J connectivity index is 1.53. The number of carboxylic acids is 1. The molecule has 0 aromatic heterocycles. The van der Waals surface area contributed by atoms with E-state index in [0.717, 1.165) is 5.57 Å². The molecule has 0 radical (unpaired) electrons. The number of nitrogens with one attached hydrogen (secondary N) is 1. The Morgan fingerprint density at radius 2 is 1.28 bits per heavy atom. The van der Waals surface area contributed by atoms with Crippen molar-refractivity contribution in [2.75, 3.05) is 11.1 Å². The van der Waals surface area contributed by atoms with E-state index in [1.807, 2.05) is 46.8 Å². The Labute approximate surface area is 347 Å². The molecule has 0 amide bonds. The molecule has 2 aliphatic rings. The van der Waals surface area contributed by atoms with E-state index in [1.165, 1.54) is 36.4 Å². The van der Waals surface area contributed by atoms with Crippen LogP contribution in [0.5, 0.6) is 0 Å². The Bertz CT molecular complexity index is 3030. The van der Waals surface area contributed by atoms with Crippen LogP contribution >= 0.6 is 11.8 Å². The highest BCUT2D eigenvalue weighted by molar-refractivity contribution is 8.00. The van der Waals surface area contributed by atoms with E-state index in [4.69, 9.17) is 5.11 Å². The number of anilines is 2. The first-order valence-electron chi connectivity index (χ1n) is 18.2. The molecular weight excluding hydrogens is 845 g/mol. The van der Waals surface area contributed by atoms with Crippen molar-refractivity contribution in [2.24, 2.45) is 0 Å². The van der Waals surface area contributed by atoms with Crippen LogP contribution in [-0.4, -0.2) is 48.3 Å². The third-order valence-corrected chi connectivity index (χ3v) is 13.6. The molecule has 5 aromatic carbocycles. The molecule has 7 rings (SSSR count). The average molecular weight is 882 g/mol. The largest absolute Gasteiger partial charge is 0.481 e. The molecule has 0 saturated carbocycles. The lowest BCUT2D eigenvalue weighted by Crippen LogP contribution is -2.50. The number of thioether (sulfide) groups is 1. The van der Waals surface area contributed by atoms with Gasteiger partial charge >= 0.3 is 5.97 Å². The zero-order valence-electron chi connectivity index (χ0n) is 32.6. The Morgan fingerprint density at radius 3 is 1.83 bits per heavy atom. The minimum absolute atomic E-state index is 0.113. The normalized spacial score (nSPS) is 15.5. The standard InChI is InChI=1S/C43H36F4N2O8S3/c1-22-19-42(2,3)49(20-23-6-11-26(12-7-23)59(52,53)54)33-18-32-30(17-29(22)33)35(36-37(44)39(46)41(40(47)38(36)45)58-21-34(50)51)28-15-10-25(16-31(28)43(32,4)5)48-24-8-13-27(14-9-24)60(55,56)57/h6-19H,20-21H2,1-5H3,(H3,50,51,52,53,54,55,56,57)/p+1. The second-order valence-corrected chi connectivity index (χ2v) is 19.5. The SMILES string of the molecule is CC1=CC(C)(C)[N+](Cc2ccc(S(=O)(=O)O)cc2)=c2cc3c(cc21)=C(c1c(F)c(F)c(SCC(=O)O)c(F)c1F)c1ccc(Nc2ccc(S(=O)(=O)O)cc2)cc1C3(C)C. The predicted molar refractivity (Wildman–Crippen MR) is 219 cm³/mol. The maximum absolute atomic E-state index is 16.5. The highest BCUT2D eigenvalue weighted by Gasteiger charge is 2.40. The van der Waals surface area contributed by atoms with Crippen molar-refractivity contribution in [3.63, 3.8) is 0 Å². The van der Waals surface area contributed by atoms with Gasteiger partial charge < -0.3 is 10.4 Å². The van der Waals surface area contributed by atoms with Gasteiger partial charge in [-0.25, -0.2) is 22.1 Å². The number of aliphatic carboxylic acids is 1. The second kappa shape index (κ2) is 15.0. The molecule has 0 spiro atoms. The minimum Gasteiger partial charge on any atom is -0.481 e. The monoisotopic (exact) mass is 881 g/mol. The molecule has 1 aliphatic carbocycles. The number of carboxylic acid groups (broad SMARTS) is 1. The first-order valence-corrected chi connectivity index (χ1v) is 22.1. The van der Waals surface area contributed by atoms with Crippen LogP contribution < -0.4 is 20.5 Å². The van der Waals surface area contributed by atoms with Crippen molar-refractivity contribution in [1.29, 1.82) is 0 Å². The Hall–Kier alpha value is -5.33. The molecular formula is C43H37F4N2O8S3+. The van der Waals surface area contributed by atoms with Gasteiger partial charge in [-0.2, -0.15) is 16.8 Å². The lowest BCUT2D eigenvalue weighted by molar-refractivity contribution is -0.133. The molecule has 60 heavy (non-hydrogen) atoms. The fourth-order valence-corrected chi connectivity index (χ4v) is 9.63. The molecule has 0 unspecified atom stereocenters. The zero-order valence-corrected chi connectivity index (χ0v) is 35.0. The molecule has 1 heterocycles. The fourth-order valence-electron chi connectivity index (χ4n) is 7.97. The van der Waals surface area contributed by atoms with Gasteiger partial charge in [0.15, 0.2) is 35.4 Å². The molecule has 312 valence electrons. The molecule has 1 aliphatic heterocycles. The topological polar surface area (TPSA) is 161 Å². The van der Waals surface area contributed by atoms with Gasteiger partial charge in [0.1, 0.15) is 0 Å². The first kappa shape index (κ1) is 42.8. The third-order valence-electron chi connectivity index (χ3n) is 10.8. The number of hydrogen-bond acceptors (Lipinski definition) is 7. The number of carbonyl (C=O) groups is 1. The van der Waals surface area contributed by atoms with Gasteiger partial charge in [0.25, 0.3) is 20.2 Å². The summed E-state index contributed by atoms with van der Waals surface area (Å²) >= 11 is 0.113. The van der Waals surface area contributed by atoms with Gasteiger partial charge in [-0.1, -0.05) is 32.0 Å². The Kier molecular flexibility index (Phi) is 10.7. The number of benzene rings is 5. The summed E-state index contributed by atoms with van der Waals surface area (Å²) in [5.74, 6) is -9.22. The predicted octanol–water partition coefficient (Wildman–Crippen LogP) is 7.43. The van der Waals surface area contributed by atoms with Gasteiger partial charge in [-0.3, -0.25) is 13.9 Å². The number of hydrogen-bond donors (Lipinski definition) is 4. The number of fused-ring (bicyclic) bond motifs is 3. The van der Waals surface area contributed by atoms with Gasteiger partial charge in [-0.15, -0.1) is 11.8 Å². The summed E-state index contributed by atoms with van der Waals surface area (Å²) in [6.07, 6.45) is 1.99. The smallest absolute Gasteiger partial charge is 0.313 e. The Morgan fingerprint density at radius 1 is 0.733 bits per heavy atom. The number of rotatable bonds is 10. The number of halogens is 4. The van der Waals surface area contributed by atoms with E-state index < -0.39 is 76.6 Å². The van der Waals surface area contributed by atoms with Crippen LogP contribution in [0.3, 0.4) is 0 Å². The molecule has 10 nitrogen and oxygen atoms in total. The molecule has 0 bridgehead atoms. The van der Waals surface area contributed by atoms with Crippen LogP contribution in [0.1, 0.15) is 68.0 Å². The fraction of sp³-hybridized carbons (Fsp3) is 0.209. The van der Waals surface area contributed by atoms with Crippen molar-refractivity contribution < 1.29 is 53.4 Å². The second-order valence-electron chi connectivity index (χ2n) is 15.6. The summed E-state index contributed by atoms with van der Waals surface area (Å²) in [5.41, 5.74) is 1.50. The number of nitrogens with zero attached hydrogens (tertiary/aromatic N) is 1. The van der Waals surface area contributed by atoms with Gasteiger partial charge in [0.05, 0.1) is 26.0 Å². The van der Waals surface area contributed by atoms with Crippen molar-refractivity contribution in [2.45, 2.75) is 66.8 Å². The van der Waals surface area contributed by atoms with Crippen molar-refractivity contribution >= 4 is 60.5 Å². The van der Waals surface area contributed by atoms with E-state index in [-0.39, 0.29) is 44.5 Å². The summed E-state index contributed by atoms with van der Waals surface area (Å²) in [7, 11) is -8.90. The van der Waals surface area contributed by atoms with Crippen LogP contribution in [0.4, 0.5) is 28.9 Å². The van der Waals surface area contributed by atoms with Crippen LogP contribution in [0.15, 0.2) is 99.6 Å². The molecule has 0 saturated heterocycles. The summed E-state index contributed by atoms with van der Waals surface area (Å²) in [6.45, 7) is 9.83. The van der Waals surface area contributed by atoms with Gasteiger partial charge in [0, 0.05) is 53.4 Å². The highest BCUT2D eigenvalue weighted by atomic mass is 32.2. The highest BCUT2D eigenvalue weighted by Crippen LogP contribution is 2.44. The minimum atomic E-state index is -4.46. The first-order chi connectivity index (χ1) is 27.9. The van der Waals surface area contributed by atoms with E-state index in [9.17, 15) is 30.7 Å². The van der Waals surface area contributed by atoms with Gasteiger partial charge in [0.2, 0.25) is 5.36 Å². The van der Waals surface area contributed by atoms with Crippen molar-refractivity contribution in [1.82, 2.24) is 4.58 Å².